The third-order valence-corrected chi connectivity index (χ3v) is 6.96. The van der Waals surface area contributed by atoms with Crippen molar-refractivity contribution >= 4 is 39.3 Å². The van der Waals surface area contributed by atoms with Crippen molar-refractivity contribution in [3.05, 3.63) is 78.1 Å². The minimum absolute atomic E-state index is 0.0158. The number of primary amides is 1. The first-order valence-electron chi connectivity index (χ1n) is 12.7. The monoisotopic (exact) mass is 496 g/mol. The average Bonchev–Trinajstić information content (AvgIpc) is 2.91. The number of nitrogens with one attached hydrogen (secondary N) is 1. The Morgan fingerprint density at radius 1 is 0.892 bits per heavy atom. The maximum absolute atomic E-state index is 13.3. The van der Waals surface area contributed by atoms with Crippen molar-refractivity contribution in [1.82, 2.24) is 19.8 Å². The van der Waals surface area contributed by atoms with Gasteiger partial charge in [-0.15, -0.1) is 0 Å². The summed E-state index contributed by atoms with van der Waals surface area (Å²) in [6.07, 6.45) is 0. The summed E-state index contributed by atoms with van der Waals surface area (Å²) < 4.78 is 0. The number of carbonyl (C=O) groups is 2. The van der Waals surface area contributed by atoms with Gasteiger partial charge in [-0.1, -0.05) is 62.4 Å². The molecule has 0 aliphatic carbocycles. The average molecular weight is 497 g/mol. The van der Waals surface area contributed by atoms with Crippen LogP contribution >= 0.6 is 0 Å². The SMILES string of the molecule is CC(C)[C@H](Nc1nc(CN2CCN(C(=O)c3cccc4ccccc34)CC2)nc2ccccc12)C(N)=O. The second-order valence-electron chi connectivity index (χ2n) is 9.87. The van der Waals surface area contributed by atoms with Crippen LogP contribution in [0.15, 0.2) is 66.7 Å². The van der Waals surface area contributed by atoms with Crippen LogP contribution in [0.5, 0.6) is 0 Å². The number of nitrogens with zero attached hydrogens (tertiary/aromatic N) is 4. The van der Waals surface area contributed by atoms with Gasteiger partial charge in [0.15, 0.2) is 0 Å². The molecule has 8 heteroatoms. The highest BCUT2D eigenvalue weighted by Gasteiger charge is 2.25. The highest BCUT2D eigenvalue weighted by atomic mass is 16.2. The molecule has 5 rings (SSSR count). The second-order valence-corrected chi connectivity index (χ2v) is 9.87. The van der Waals surface area contributed by atoms with E-state index >= 15 is 0 Å². The highest BCUT2D eigenvalue weighted by molar-refractivity contribution is 6.07. The summed E-state index contributed by atoms with van der Waals surface area (Å²) in [5, 5.41) is 6.16. The second kappa shape index (κ2) is 10.5. The van der Waals surface area contributed by atoms with Crippen LogP contribution in [0.4, 0.5) is 5.82 Å². The zero-order valence-electron chi connectivity index (χ0n) is 21.2. The normalized spacial score (nSPS) is 15.3. The van der Waals surface area contributed by atoms with Crippen LogP contribution in [0.3, 0.4) is 0 Å². The third kappa shape index (κ3) is 5.24. The molecule has 0 saturated carbocycles. The van der Waals surface area contributed by atoms with Crippen molar-refractivity contribution in [2.75, 3.05) is 31.5 Å². The first kappa shape index (κ1) is 24.6. The van der Waals surface area contributed by atoms with Gasteiger partial charge >= 0.3 is 0 Å². The Labute approximate surface area is 216 Å². The Morgan fingerprint density at radius 3 is 2.30 bits per heavy atom. The van der Waals surface area contributed by atoms with E-state index in [0.29, 0.717) is 31.3 Å². The number of fused-ring (bicyclic) bond motifs is 2. The molecule has 3 N–H and O–H groups in total. The van der Waals surface area contributed by atoms with Crippen molar-refractivity contribution in [3.63, 3.8) is 0 Å². The number of piperazine rings is 1. The molecule has 2 amide bonds. The molecule has 1 atom stereocenters. The molecule has 0 radical (unpaired) electrons. The number of carbonyl (C=O) groups excluding carboxylic acids is 2. The number of hydrogen-bond donors (Lipinski definition) is 2. The van der Waals surface area contributed by atoms with Crippen LogP contribution in [0.25, 0.3) is 21.7 Å². The van der Waals surface area contributed by atoms with E-state index in [1.807, 2.05) is 85.5 Å². The van der Waals surface area contributed by atoms with Gasteiger partial charge in [-0.2, -0.15) is 0 Å². The molecular weight excluding hydrogens is 464 g/mol. The molecule has 2 heterocycles. The molecule has 1 saturated heterocycles. The van der Waals surface area contributed by atoms with Crippen LogP contribution in [-0.4, -0.2) is 63.8 Å². The Balaban J connectivity index is 1.30. The fourth-order valence-corrected chi connectivity index (χ4v) is 4.91. The van der Waals surface area contributed by atoms with Crippen molar-refractivity contribution in [3.8, 4) is 0 Å². The predicted molar refractivity (Wildman–Crippen MR) is 146 cm³/mol. The molecule has 8 nitrogen and oxygen atoms in total. The summed E-state index contributed by atoms with van der Waals surface area (Å²) in [6.45, 7) is 7.18. The van der Waals surface area contributed by atoms with E-state index in [1.54, 1.807) is 0 Å². The van der Waals surface area contributed by atoms with Gasteiger partial charge in [0, 0.05) is 37.1 Å². The van der Waals surface area contributed by atoms with Crippen LogP contribution in [0.1, 0.15) is 30.0 Å². The maximum atomic E-state index is 13.3. The van der Waals surface area contributed by atoms with E-state index in [1.165, 1.54) is 0 Å². The summed E-state index contributed by atoms with van der Waals surface area (Å²) in [7, 11) is 0. The first-order valence-corrected chi connectivity index (χ1v) is 12.7. The van der Waals surface area contributed by atoms with Crippen LogP contribution in [-0.2, 0) is 11.3 Å². The predicted octanol–water partition coefficient (Wildman–Crippen LogP) is 3.66. The molecular formula is C29H32N6O2. The minimum Gasteiger partial charge on any atom is -0.368 e. The minimum atomic E-state index is -0.533. The molecule has 0 bridgehead atoms. The topological polar surface area (TPSA) is 104 Å². The molecule has 0 spiro atoms. The molecule has 1 fully saturated rings. The zero-order chi connectivity index (χ0) is 25.9. The summed E-state index contributed by atoms with van der Waals surface area (Å²) in [6, 6.07) is 21.1. The van der Waals surface area contributed by atoms with Crippen molar-refractivity contribution in [2.45, 2.75) is 26.4 Å². The quantitative estimate of drug-likeness (QED) is 0.405. The maximum Gasteiger partial charge on any atom is 0.254 e. The van der Waals surface area contributed by atoms with E-state index in [-0.39, 0.29) is 11.8 Å². The number of rotatable bonds is 7. The van der Waals surface area contributed by atoms with E-state index in [9.17, 15) is 9.59 Å². The lowest BCUT2D eigenvalue weighted by Gasteiger charge is -2.34. The molecule has 4 aromatic rings. The van der Waals surface area contributed by atoms with Gasteiger partial charge in [0.05, 0.1) is 12.1 Å². The van der Waals surface area contributed by atoms with Gasteiger partial charge in [0.2, 0.25) is 5.91 Å². The van der Waals surface area contributed by atoms with Gasteiger partial charge in [0.1, 0.15) is 17.7 Å². The van der Waals surface area contributed by atoms with Gasteiger partial charge in [-0.25, -0.2) is 9.97 Å². The highest BCUT2D eigenvalue weighted by Crippen LogP contribution is 2.24. The third-order valence-electron chi connectivity index (χ3n) is 6.96. The fraction of sp³-hybridized carbons (Fsp3) is 0.310. The van der Waals surface area contributed by atoms with E-state index in [4.69, 9.17) is 15.7 Å². The number of benzene rings is 3. The molecule has 1 aliphatic rings. The molecule has 0 unspecified atom stereocenters. The Hall–Kier alpha value is -4.04. The summed E-state index contributed by atoms with van der Waals surface area (Å²) >= 11 is 0. The first-order chi connectivity index (χ1) is 17.9. The zero-order valence-corrected chi connectivity index (χ0v) is 21.2. The number of amides is 2. The molecule has 1 aromatic heterocycles. The van der Waals surface area contributed by atoms with Gasteiger partial charge in [-0.3, -0.25) is 14.5 Å². The smallest absolute Gasteiger partial charge is 0.254 e. The number of nitrogens with two attached hydrogens (primary N) is 1. The lowest BCUT2D eigenvalue weighted by atomic mass is 10.0. The van der Waals surface area contributed by atoms with E-state index in [2.05, 4.69) is 10.2 Å². The van der Waals surface area contributed by atoms with Gasteiger partial charge < -0.3 is 16.0 Å². The van der Waals surface area contributed by atoms with Crippen molar-refractivity contribution < 1.29 is 9.59 Å². The number of aromatic nitrogens is 2. The summed E-state index contributed by atoms with van der Waals surface area (Å²) in [4.78, 5) is 39.1. The van der Waals surface area contributed by atoms with Crippen LogP contribution in [0.2, 0.25) is 0 Å². The van der Waals surface area contributed by atoms with Gasteiger partial charge in [0.25, 0.3) is 5.91 Å². The Bertz CT molecular complexity index is 1440. The van der Waals surface area contributed by atoms with E-state index in [0.717, 1.165) is 40.3 Å². The molecule has 1 aliphatic heterocycles. The van der Waals surface area contributed by atoms with E-state index < -0.39 is 11.9 Å². The lowest BCUT2D eigenvalue weighted by molar-refractivity contribution is -0.119. The fourth-order valence-electron chi connectivity index (χ4n) is 4.91. The van der Waals surface area contributed by atoms with Crippen LogP contribution in [0, 0.1) is 5.92 Å². The Morgan fingerprint density at radius 2 is 1.57 bits per heavy atom. The van der Waals surface area contributed by atoms with Crippen molar-refractivity contribution in [1.29, 1.82) is 0 Å². The summed E-state index contributed by atoms with van der Waals surface area (Å²) in [5.41, 5.74) is 7.20. The van der Waals surface area contributed by atoms with Gasteiger partial charge in [-0.05, 0) is 34.9 Å². The van der Waals surface area contributed by atoms with Crippen molar-refractivity contribution in [2.24, 2.45) is 11.7 Å². The molecule has 37 heavy (non-hydrogen) atoms. The standard InChI is InChI=1S/C29H32N6O2/c1-19(2)26(27(30)36)33-28-23-11-5-6-13-24(23)31-25(32-28)18-34-14-16-35(17-15-34)29(37)22-12-7-9-20-8-3-4-10-21(20)22/h3-13,19,26H,14-18H2,1-2H3,(H2,30,36)(H,31,32,33)/t26-/m0/s1. The summed E-state index contributed by atoms with van der Waals surface area (Å²) in [5.74, 6) is 0.953. The number of para-hydroxylation sites is 1. The Kier molecular flexibility index (Phi) is 7.01. The lowest BCUT2D eigenvalue weighted by Crippen LogP contribution is -2.48. The molecule has 3 aromatic carbocycles. The largest absolute Gasteiger partial charge is 0.368 e. The molecule has 190 valence electrons. The number of hydrogen-bond acceptors (Lipinski definition) is 6. The number of anilines is 1. The van der Waals surface area contributed by atoms with Crippen LogP contribution < -0.4 is 11.1 Å².